The molecule has 0 spiro atoms. The molecule has 3 nitrogen and oxygen atoms in total. The molecule has 0 heterocycles. The van der Waals surface area contributed by atoms with E-state index in [9.17, 15) is 9.50 Å². The number of hydrogen-bond donors (Lipinski definition) is 1. The molecular weight excluding hydrogens is 211 g/mol. The predicted octanol–water partition coefficient (Wildman–Crippen LogP) is 1.96. The Morgan fingerprint density at radius 3 is 2.25 bits per heavy atom. The third-order valence-corrected chi connectivity index (χ3v) is 2.51. The van der Waals surface area contributed by atoms with Crippen molar-refractivity contribution in [2.45, 2.75) is 25.7 Å². The van der Waals surface area contributed by atoms with Crippen LogP contribution in [0.4, 0.5) is 4.39 Å². The van der Waals surface area contributed by atoms with Crippen LogP contribution in [0.15, 0.2) is 18.2 Å². The summed E-state index contributed by atoms with van der Waals surface area (Å²) in [5.74, 6) is -0.388. The van der Waals surface area contributed by atoms with Gasteiger partial charge < -0.3 is 14.6 Å². The molecule has 1 atom stereocenters. The minimum absolute atomic E-state index is 0.388. The zero-order valence-corrected chi connectivity index (χ0v) is 9.95. The van der Waals surface area contributed by atoms with E-state index in [-0.39, 0.29) is 5.82 Å². The normalized spacial score (nSPS) is 15.2. The molecule has 0 aliphatic carbocycles. The maximum atomic E-state index is 13.2. The zero-order valence-electron chi connectivity index (χ0n) is 9.95. The van der Waals surface area contributed by atoms with E-state index in [1.807, 2.05) is 0 Å². The summed E-state index contributed by atoms with van der Waals surface area (Å²) < 4.78 is 23.2. The van der Waals surface area contributed by atoms with Gasteiger partial charge in [0.1, 0.15) is 11.4 Å². The first-order valence-electron chi connectivity index (χ1n) is 4.97. The quantitative estimate of drug-likeness (QED) is 0.801. The van der Waals surface area contributed by atoms with Gasteiger partial charge in [-0.25, -0.2) is 4.39 Å². The zero-order chi connectivity index (χ0) is 12.3. The van der Waals surface area contributed by atoms with Crippen molar-refractivity contribution >= 4 is 0 Å². The maximum absolute atomic E-state index is 13.2. The fourth-order valence-electron chi connectivity index (χ4n) is 1.72. The molecule has 0 fully saturated rings. The van der Waals surface area contributed by atoms with Gasteiger partial charge in [0.2, 0.25) is 0 Å². The van der Waals surface area contributed by atoms with Crippen molar-refractivity contribution in [3.63, 3.8) is 0 Å². The number of rotatable bonds is 4. The number of hydrogen-bond acceptors (Lipinski definition) is 3. The molecule has 1 N–H and O–H groups in total. The Morgan fingerprint density at radius 2 is 1.81 bits per heavy atom. The van der Waals surface area contributed by atoms with Crippen LogP contribution >= 0.6 is 0 Å². The number of halogens is 1. The van der Waals surface area contributed by atoms with Gasteiger partial charge in [-0.15, -0.1) is 0 Å². The summed E-state index contributed by atoms with van der Waals surface area (Å²) in [6, 6.07) is 4.38. The van der Waals surface area contributed by atoms with E-state index >= 15 is 0 Å². The first-order valence-corrected chi connectivity index (χ1v) is 4.97. The summed E-state index contributed by atoms with van der Waals surface area (Å²) in [6.45, 7) is 3.29. The largest absolute Gasteiger partial charge is 0.380 e. The maximum Gasteiger partial charge on any atom is 0.189 e. The minimum atomic E-state index is -1.39. The molecule has 0 bridgehead atoms. The summed E-state index contributed by atoms with van der Waals surface area (Å²) in [4.78, 5) is 0. The van der Waals surface area contributed by atoms with Crippen LogP contribution in [0.3, 0.4) is 0 Å². The first-order chi connectivity index (χ1) is 7.41. The van der Waals surface area contributed by atoms with Gasteiger partial charge in [-0.1, -0.05) is 6.07 Å². The molecule has 0 radical (unpaired) electrons. The minimum Gasteiger partial charge on any atom is -0.380 e. The Hall–Kier alpha value is -0.970. The molecular formula is C12H17FO3. The monoisotopic (exact) mass is 228 g/mol. The lowest BCUT2D eigenvalue weighted by Gasteiger charge is -2.31. The summed E-state index contributed by atoms with van der Waals surface area (Å²) in [7, 11) is 2.85. The standard InChI is InChI=1S/C12H17FO3/c1-8-5-9(7-10(13)6-8)12(2,14)11(15-3)16-4/h5-7,11,14H,1-4H3. The van der Waals surface area contributed by atoms with Crippen LogP contribution in [-0.4, -0.2) is 25.6 Å². The van der Waals surface area contributed by atoms with E-state index in [1.165, 1.54) is 33.3 Å². The second kappa shape index (κ2) is 4.91. The molecule has 1 aromatic carbocycles. The second-order valence-electron chi connectivity index (χ2n) is 3.97. The highest BCUT2D eigenvalue weighted by atomic mass is 19.1. The highest BCUT2D eigenvalue weighted by molar-refractivity contribution is 5.28. The Labute approximate surface area is 94.8 Å². The van der Waals surface area contributed by atoms with Crippen LogP contribution in [0.5, 0.6) is 0 Å². The van der Waals surface area contributed by atoms with Crippen molar-refractivity contribution in [3.05, 3.63) is 35.1 Å². The predicted molar refractivity (Wildman–Crippen MR) is 58.5 cm³/mol. The smallest absolute Gasteiger partial charge is 0.189 e. The SMILES string of the molecule is COC(OC)C(C)(O)c1cc(C)cc(F)c1. The first kappa shape index (κ1) is 13.1. The Balaban J connectivity index is 3.14. The average molecular weight is 228 g/mol. The van der Waals surface area contributed by atoms with Gasteiger partial charge in [0.05, 0.1) is 0 Å². The number of ether oxygens (including phenoxy) is 2. The van der Waals surface area contributed by atoms with Gasteiger partial charge >= 0.3 is 0 Å². The van der Waals surface area contributed by atoms with Crippen molar-refractivity contribution in [2.75, 3.05) is 14.2 Å². The molecule has 1 rings (SSSR count). The molecule has 16 heavy (non-hydrogen) atoms. The number of benzene rings is 1. The summed E-state index contributed by atoms with van der Waals surface area (Å²) in [6.07, 6.45) is -0.839. The van der Waals surface area contributed by atoms with Gasteiger partial charge in [0.15, 0.2) is 6.29 Å². The average Bonchev–Trinajstić information content (AvgIpc) is 2.17. The van der Waals surface area contributed by atoms with E-state index in [2.05, 4.69) is 0 Å². The summed E-state index contributed by atoms with van der Waals surface area (Å²) in [5, 5.41) is 10.3. The van der Waals surface area contributed by atoms with Gasteiger partial charge in [0.25, 0.3) is 0 Å². The van der Waals surface area contributed by atoms with Crippen LogP contribution in [0.1, 0.15) is 18.1 Å². The number of aliphatic hydroxyl groups is 1. The van der Waals surface area contributed by atoms with Gasteiger partial charge in [-0.2, -0.15) is 0 Å². The molecule has 0 aromatic heterocycles. The molecule has 0 saturated carbocycles. The Bertz CT molecular complexity index is 339. The van der Waals surface area contributed by atoms with Crippen molar-refractivity contribution in [2.24, 2.45) is 0 Å². The lowest BCUT2D eigenvalue weighted by Crippen LogP contribution is -2.39. The van der Waals surface area contributed by atoms with Crippen molar-refractivity contribution in [1.82, 2.24) is 0 Å². The van der Waals surface area contributed by atoms with Gasteiger partial charge in [-0.3, -0.25) is 0 Å². The van der Waals surface area contributed by atoms with Crippen LogP contribution < -0.4 is 0 Å². The molecule has 0 amide bonds. The van der Waals surface area contributed by atoms with Crippen molar-refractivity contribution in [3.8, 4) is 0 Å². The Morgan fingerprint density at radius 1 is 1.25 bits per heavy atom. The van der Waals surface area contributed by atoms with Crippen LogP contribution in [-0.2, 0) is 15.1 Å². The van der Waals surface area contributed by atoms with E-state index in [0.717, 1.165) is 5.56 Å². The van der Waals surface area contributed by atoms with Gasteiger partial charge in [0, 0.05) is 14.2 Å². The topological polar surface area (TPSA) is 38.7 Å². The molecule has 0 aliphatic heterocycles. The fraction of sp³-hybridized carbons (Fsp3) is 0.500. The highest BCUT2D eigenvalue weighted by Gasteiger charge is 2.34. The van der Waals surface area contributed by atoms with Crippen LogP contribution in [0.25, 0.3) is 0 Å². The van der Waals surface area contributed by atoms with E-state index in [0.29, 0.717) is 5.56 Å². The van der Waals surface area contributed by atoms with Crippen molar-refractivity contribution in [1.29, 1.82) is 0 Å². The van der Waals surface area contributed by atoms with E-state index in [4.69, 9.17) is 9.47 Å². The molecule has 0 saturated heterocycles. The van der Waals surface area contributed by atoms with Gasteiger partial charge in [-0.05, 0) is 37.1 Å². The Kier molecular flexibility index (Phi) is 4.02. The van der Waals surface area contributed by atoms with E-state index in [1.54, 1.807) is 13.0 Å². The molecule has 0 aliphatic rings. The van der Waals surface area contributed by atoms with E-state index < -0.39 is 11.9 Å². The van der Waals surface area contributed by atoms with Crippen LogP contribution in [0, 0.1) is 12.7 Å². The molecule has 1 unspecified atom stereocenters. The lowest BCUT2D eigenvalue weighted by molar-refractivity contribution is -0.213. The summed E-state index contributed by atoms with van der Waals surface area (Å²) in [5.41, 5.74) is -0.226. The number of aryl methyl sites for hydroxylation is 1. The molecule has 90 valence electrons. The third kappa shape index (κ3) is 2.58. The molecule has 4 heteroatoms. The number of methoxy groups -OCH3 is 2. The summed E-state index contributed by atoms with van der Waals surface area (Å²) >= 11 is 0. The second-order valence-corrected chi connectivity index (χ2v) is 3.97. The third-order valence-electron chi connectivity index (χ3n) is 2.51. The fourth-order valence-corrected chi connectivity index (χ4v) is 1.72. The molecule has 1 aromatic rings. The highest BCUT2D eigenvalue weighted by Crippen LogP contribution is 2.28. The van der Waals surface area contributed by atoms with Crippen molar-refractivity contribution < 1.29 is 19.0 Å². The van der Waals surface area contributed by atoms with Crippen LogP contribution in [0.2, 0.25) is 0 Å². The lowest BCUT2D eigenvalue weighted by atomic mass is 9.93.